The normalized spacial score (nSPS) is 21.3. The van der Waals surface area contributed by atoms with Crippen LogP contribution in [0.1, 0.15) is 69.8 Å². The molecule has 1 aromatic carbocycles. The van der Waals surface area contributed by atoms with Gasteiger partial charge < -0.3 is 15.0 Å². The van der Waals surface area contributed by atoms with E-state index in [9.17, 15) is 4.79 Å². The molecule has 1 atom stereocenters. The number of anilines is 1. The molecule has 4 heteroatoms. The first-order chi connectivity index (χ1) is 12.8. The Morgan fingerprint density at radius 1 is 1.30 bits per heavy atom. The maximum absolute atomic E-state index is 12.6. The third-order valence-corrected chi connectivity index (χ3v) is 6.00. The molecule has 0 saturated heterocycles. The number of benzene rings is 1. The van der Waals surface area contributed by atoms with Crippen LogP contribution in [0.25, 0.3) is 6.08 Å². The second-order valence-electron chi connectivity index (χ2n) is 8.98. The molecule has 1 unspecified atom stereocenters. The standard InChI is InChI=1S/C23H34N2O2/c1-6-25(7-2)15-22(3,4)16-27-21(26)17-10-11-20-18(13-17)14-19-9-8-12-23(19,5)24-20/h10-11,13-14,24H,6-9,12,15-16H2,1-5H3. The number of hydrogen-bond donors (Lipinski definition) is 1. The van der Waals surface area contributed by atoms with E-state index in [0.717, 1.165) is 37.3 Å². The Hall–Kier alpha value is -1.81. The zero-order chi connectivity index (χ0) is 19.7. The molecular formula is C23H34N2O2. The zero-order valence-electron chi connectivity index (χ0n) is 17.5. The van der Waals surface area contributed by atoms with Crippen LogP contribution in [0.5, 0.6) is 0 Å². The lowest BCUT2D eigenvalue weighted by molar-refractivity contribution is 0.0274. The molecule has 1 aliphatic carbocycles. The molecule has 0 amide bonds. The zero-order valence-corrected chi connectivity index (χ0v) is 17.5. The number of hydrogen-bond acceptors (Lipinski definition) is 4. The molecule has 0 radical (unpaired) electrons. The van der Waals surface area contributed by atoms with Gasteiger partial charge in [-0.1, -0.05) is 33.8 Å². The van der Waals surface area contributed by atoms with Crippen LogP contribution in [-0.2, 0) is 4.74 Å². The van der Waals surface area contributed by atoms with E-state index in [0.29, 0.717) is 12.2 Å². The monoisotopic (exact) mass is 370 g/mol. The molecule has 4 nitrogen and oxygen atoms in total. The quantitative estimate of drug-likeness (QED) is 0.689. The summed E-state index contributed by atoms with van der Waals surface area (Å²) in [6.45, 7) is 14.3. The van der Waals surface area contributed by atoms with Gasteiger partial charge in [-0.05, 0) is 68.6 Å². The molecule has 1 saturated carbocycles. The molecule has 0 spiro atoms. The van der Waals surface area contributed by atoms with Crippen LogP contribution in [0, 0.1) is 5.41 Å². The lowest BCUT2D eigenvalue weighted by Crippen LogP contribution is -2.37. The highest BCUT2D eigenvalue weighted by Crippen LogP contribution is 2.43. The van der Waals surface area contributed by atoms with Crippen molar-refractivity contribution < 1.29 is 9.53 Å². The van der Waals surface area contributed by atoms with E-state index in [2.05, 4.69) is 50.9 Å². The number of rotatable bonds is 7. The van der Waals surface area contributed by atoms with Crippen molar-refractivity contribution in [3.05, 3.63) is 34.9 Å². The van der Waals surface area contributed by atoms with Gasteiger partial charge in [0.2, 0.25) is 0 Å². The second-order valence-corrected chi connectivity index (χ2v) is 8.98. The van der Waals surface area contributed by atoms with Crippen LogP contribution >= 0.6 is 0 Å². The van der Waals surface area contributed by atoms with Crippen molar-refractivity contribution in [2.24, 2.45) is 5.41 Å². The van der Waals surface area contributed by atoms with Gasteiger partial charge in [0.05, 0.1) is 17.7 Å². The van der Waals surface area contributed by atoms with E-state index in [1.54, 1.807) is 0 Å². The summed E-state index contributed by atoms with van der Waals surface area (Å²) < 4.78 is 5.67. The van der Waals surface area contributed by atoms with Gasteiger partial charge >= 0.3 is 5.97 Å². The highest BCUT2D eigenvalue weighted by atomic mass is 16.5. The lowest BCUT2D eigenvalue weighted by atomic mass is 9.88. The van der Waals surface area contributed by atoms with Gasteiger partial charge in [-0.2, -0.15) is 0 Å². The predicted octanol–water partition coefficient (Wildman–Crippen LogP) is 4.96. The molecule has 148 valence electrons. The smallest absolute Gasteiger partial charge is 0.338 e. The van der Waals surface area contributed by atoms with E-state index in [-0.39, 0.29) is 16.9 Å². The van der Waals surface area contributed by atoms with E-state index in [1.165, 1.54) is 18.4 Å². The first-order valence-corrected chi connectivity index (χ1v) is 10.3. The van der Waals surface area contributed by atoms with Crippen LogP contribution in [0.15, 0.2) is 23.8 Å². The van der Waals surface area contributed by atoms with Crippen molar-refractivity contribution in [2.75, 3.05) is 31.6 Å². The summed E-state index contributed by atoms with van der Waals surface area (Å²) in [5.41, 5.74) is 4.31. The van der Waals surface area contributed by atoms with Gasteiger partial charge in [0.15, 0.2) is 0 Å². The van der Waals surface area contributed by atoms with E-state index in [1.807, 2.05) is 18.2 Å². The summed E-state index contributed by atoms with van der Waals surface area (Å²) in [7, 11) is 0. The minimum atomic E-state index is -0.233. The summed E-state index contributed by atoms with van der Waals surface area (Å²) in [5.74, 6) is -0.233. The average Bonchev–Trinajstić information content (AvgIpc) is 3.01. The highest BCUT2D eigenvalue weighted by Gasteiger charge is 2.36. The van der Waals surface area contributed by atoms with Crippen LogP contribution in [0.3, 0.4) is 0 Å². The average molecular weight is 371 g/mol. The van der Waals surface area contributed by atoms with Crippen LogP contribution in [0.4, 0.5) is 5.69 Å². The number of esters is 1. The largest absolute Gasteiger partial charge is 0.461 e. The number of nitrogens with zero attached hydrogens (tertiary/aromatic N) is 1. The molecule has 1 aliphatic heterocycles. The van der Waals surface area contributed by atoms with Crippen molar-refractivity contribution >= 4 is 17.7 Å². The minimum absolute atomic E-state index is 0.0644. The fraction of sp³-hybridized carbons (Fsp3) is 0.609. The second kappa shape index (κ2) is 7.67. The number of carbonyl (C=O) groups is 1. The van der Waals surface area contributed by atoms with E-state index < -0.39 is 0 Å². The summed E-state index contributed by atoms with van der Waals surface area (Å²) >= 11 is 0. The molecule has 27 heavy (non-hydrogen) atoms. The predicted molar refractivity (Wildman–Crippen MR) is 112 cm³/mol. The highest BCUT2D eigenvalue weighted by molar-refractivity contribution is 5.92. The number of nitrogens with one attached hydrogen (secondary N) is 1. The van der Waals surface area contributed by atoms with Gasteiger partial charge in [0, 0.05) is 17.6 Å². The first-order valence-electron chi connectivity index (χ1n) is 10.3. The Morgan fingerprint density at radius 2 is 2.04 bits per heavy atom. The molecule has 1 heterocycles. The Balaban J connectivity index is 1.67. The molecule has 0 aromatic heterocycles. The summed E-state index contributed by atoms with van der Waals surface area (Å²) in [4.78, 5) is 15.0. The van der Waals surface area contributed by atoms with Crippen molar-refractivity contribution in [3.8, 4) is 0 Å². The Bertz CT molecular complexity index is 734. The molecule has 1 aromatic rings. The Morgan fingerprint density at radius 3 is 2.74 bits per heavy atom. The number of ether oxygens (including phenoxy) is 1. The summed E-state index contributed by atoms with van der Waals surface area (Å²) in [6.07, 6.45) is 5.79. The number of carbonyl (C=O) groups excluding carboxylic acids is 1. The Labute approximate surface area is 164 Å². The minimum Gasteiger partial charge on any atom is -0.461 e. The van der Waals surface area contributed by atoms with Crippen molar-refractivity contribution in [3.63, 3.8) is 0 Å². The van der Waals surface area contributed by atoms with Gasteiger partial charge in [0.1, 0.15) is 0 Å². The SMILES string of the molecule is CCN(CC)CC(C)(C)COC(=O)c1ccc2c(c1)C=C1CCCC1(C)N2. The van der Waals surface area contributed by atoms with Crippen LogP contribution < -0.4 is 5.32 Å². The van der Waals surface area contributed by atoms with Crippen LogP contribution in [0.2, 0.25) is 0 Å². The van der Waals surface area contributed by atoms with E-state index >= 15 is 0 Å². The van der Waals surface area contributed by atoms with Gasteiger partial charge in [-0.25, -0.2) is 4.79 Å². The molecular weight excluding hydrogens is 336 g/mol. The Kier molecular flexibility index (Phi) is 5.66. The van der Waals surface area contributed by atoms with Gasteiger partial charge in [-0.3, -0.25) is 0 Å². The van der Waals surface area contributed by atoms with Crippen molar-refractivity contribution in [1.29, 1.82) is 0 Å². The maximum atomic E-state index is 12.6. The van der Waals surface area contributed by atoms with E-state index in [4.69, 9.17) is 4.74 Å². The number of fused-ring (bicyclic) bond motifs is 2. The van der Waals surface area contributed by atoms with Crippen LogP contribution in [-0.4, -0.2) is 42.6 Å². The van der Waals surface area contributed by atoms with Gasteiger partial charge in [0.25, 0.3) is 0 Å². The fourth-order valence-corrected chi connectivity index (χ4v) is 4.29. The van der Waals surface area contributed by atoms with Gasteiger partial charge in [-0.15, -0.1) is 0 Å². The van der Waals surface area contributed by atoms with Crippen molar-refractivity contribution in [1.82, 2.24) is 4.90 Å². The lowest BCUT2D eigenvalue weighted by Gasteiger charge is -2.34. The third kappa shape index (κ3) is 4.37. The topological polar surface area (TPSA) is 41.6 Å². The summed E-state index contributed by atoms with van der Waals surface area (Å²) in [5, 5.41) is 3.67. The molecule has 1 N–H and O–H groups in total. The molecule has 0 bridgehead atoms. The first kappa shape index (κ1) is 19.9. The maximum Gasteiger partial charge on any atom is 0.338 e. The summed E-state index contributed by atoms with van der Waals surface area (Å²) in [6, 6.07) is 5.86. The van der Waals surface area contributed by atoms with Crippen molar-refractivity contribution in [2.45, 2.75) is 59.4 Å². The molecule has 2 aliphatic rings. The molecule has 3 rings (SSSR count). The molecule has 1 fully saturated rings. The third-order valence-electron chi connectivity index (χ3n) is 6.00. The fourth-order valence-electron chi connectivity index (χ4n) is 4.29.